The lowest BCUT2D eigenvalue weighted by Crippen LogP contribution is -2.30. The summed E-state index contributed by atoms with van der Waals surface area (Å²) < 4.78 is 16.3. The van der Waals surface area contributed by atoms with Crippen LogP contribution in [0.3, 0.4) is 0 Å². The van der Waals surface area contributed by atoms with Gasteiger partial charge in [0.05, 0.1) is 19.6 Å². The van der Waals surface area contributed by atoms with Gasteiger partial charge in [0.25, 0.3) is 5.91 Å². The van der Waals surface area contributed by atoms with Gasteiger partial charge in [-0.25, -0.2) is 9.97 Å². The van der Waals surface area contributed by atoms with Crippen LogP contribution in [0.5, 0.6) is 17.4 Å². The van der Waals surface area contributed by atoms with E-state index in [1.807, 2.05) is 47.8 Å². The molecule has 7 nitrogen and oxygen atoms in total. The van der Waals surface area contributed by atoms with Gasteiger partial charge in [-0.05, 0) is 41.8 Å². The topological polar surface area (TPSA) is 82.6 Å². The lowest BCUT2D eigenvalue weighted by atomic mass is 10.1. The molecule has 0 radical (unpaired) electrons. The molecular formula is C24H22ClN3O4S. The fourth-order valence-electron chi connectivity index (χ4n) is 3.37. The van der Waals surface area contributed by atoms with Crippen molar-refractivity contribution in [3.63, 3.8) is 0 Å². The van der Waals surface area contributed by atoms with E-state index in [4.69, 9.17) is 25.8 Å². The van der Waals surface area contributed by atoms with E-state index >= 15 is 0 Å². The minimum absolute atomic E-state index is 0.145. The van der Waals surface area contributed by atoms with Crippen molar-refractivity contribution in [2.24, 2.45) is 0 Å². The highest BCUT2D eigenvalue weighted by molar-refractivity contribution is 7.17. The number of fused-ring (bicyclic) bond motifs is 1. The van der Waals surface area contributed by atoms with E-state index in [2.05, 4.69) is 15.3 Å². The number of nitrogens with zero attached hydrogens (tertiary/aromatic N) is 2. The third-order valence-electron chi connectivity index (χ3n) is 5.01. The Bertz CT molecular complexity index is 1260. The number of carbonyl (C=O) groups is 1. The maximum Gasteiger partial charge on any atom is 0.258 e. The predicted molar refractivity (Wildman–Crippen MR) is 130 cm³/mol. The summed E-state index contributed by atoms with van der Waals surface area (Å²) >= 11 is 7.51. The largest absolute Gasteiger partial charge is 0.493 e. The average Bonchev–Trinajstić information content (AvgIpc) is 3.28. The lowest BCUT2D eigenvalue weighted by Gasteiger charge is -2.11. The second kappa shape index (κ2) is 10.5. The van der Waals surface area contributed by atoms with E-state index in [-0.39, 0.29) is 12.5 Å². The Morgan fingerprint density at radius 1 is 1.06 bits per heavy atom. The van der Waals surface area contributed by atoms with E-state index < -0.39 is 0 Å². The summed E-state index contributed by atoms with van der Waals surface area (Å²) in [5.74, 6) is 1.47. The molecule has 33 heavy (non-hydrogen) atoms. The summed E-state index contributed by atoms with van der Waals surface area (Å²) in [5.41, 5.74) is 2.94. The van der Waals surface area contributed by atoms with Gasteiger partial charge >= 0.3 is 0 Å². The van der Waals surface area contributed by atoms with Crippen LogP contribution < -0.4 is 19.5 Å². The Hall–Kier alpha value is -3.36. The minimum atomic E-state index is -0.231. The van der Waals surface area contributed by atoms with Crippen molar-refractivity contribution in [1.82, 2.24) is 15.3 Å². The molecule has 0 saturated heterocycles. The van der Waals surface area contributed by atoms with Crippen molar-refractivity contribution in [2.75, 3.05) is 27.4 Å². The number of amides is 1. The first-order valence-corrected chi connectivity index (χ1v) is 11.4. The maximum absolute atomic E-state index is 12.4. The van der Waals surface area contributed by atoms with Crippen LogP contribution in [0.1, 0.15) is 5.56 Å². The fraction of sp³-hybridized carbons (Fsp3) is 0.208. The molecule has 9 heteroatoms. The molecule has 0 unspecified atom stereocenters. The molecule has 0 fully saturated rings. The van der Waals surface area contributed by atoms with Gasteiger partial charge in [0.1, 0.15) is 11.2 Å². The van der Waals surface area contributed by atoms with Gasteiger partial charge in [-0.15, -0.1) is 11.3 Å². The lowest BCUT2D eigenvalue weighted by molar-refractivity contribution is -0.123. The van der Waals surface area contributed by atoms with Crippen LogP contribution in [0.4, 0.5) is 0 Å². The molecule has 1 amide bonds. The molecule has 0 bridgehead atoms. The normalized spacial score (nSPS) is 10.8. The molecule has 0 aliphatic heterocycles. The van der Waals surface area contributed by atoms with Gasteiger partial charge in [-0.3, -0.25) is 4.79 Å². The van der Waals surface area contributed by atoms with Crippen LogP contribution in [-0.2, 0) is 11.2 Å². The average molecular weight is 484 g/mol. The van der Waals surface area contributed by atoms with Crippen LogP contribution in [-0.4, -0.2) is 43.2 Å². The van der Waals surface area contributed by atoms with Crippen molar-refractivity contribution in [2.45, 2.75) is 6.42 Å². The van der Waals surface area contributed by atoms with Gasteiger partial charge in [0.15, 0.2) is 18.1 Å². The number of hydrogen-bond acceptors (Lipinski definition) is 7. The van der Waals surface area contributed by atoms with Crippen molar-refractivity contribution in [3.05, 3.63) is 64.8 Å². The molecule has 2 heterocycles. The number of hydrogen-bond donors (Lipinski definition) is 1. The maximum atomic E-state index is 12.4. The van der Waals surface area contributed by atoms with Gasteiger partial charge in [-0.2, -0.15) is 0 Å². The smallest absolute Gasteiger partial charge is 0.258 e. The highest BCUT2D eigenvalue weighted by Crippen LogP contribution is 2.37. The number of halogens is 1. The Balaban J connectivity index is 1.38. The molecule has 4 aromatic rings. The molecule has 4 rings (SSSR count). The molecule has 0 saturated carbocycles. The van der Waals surface area contributed by atoms with Crippen molar-refractivity contribution >= 4 is 39.1 Å². The fourth-order valence-corrected chi connectivity index (χ4v) is 4.40. The van der Waals surface area contributed by atoms with Crippen LogP contribution in [0.15, 0.2) is 54.2 Å². The molecule has 2 aromatic carbocycles. The molecule has 1 N–H and O–H groups in total. The zero-order valence-corrected chi connectivity index (χ0v) is 19.7. The first-order chi connectivity index (χ1) is 16.1. The van der Waals surface area contributed by atoms with Gasteiger partial charge in [0.2, 0.25) is 5.88 Å². The first-order valence-electron chi connectivity index (χ1n) is 10.2. The van der Waals surface area contributed by atoms with Crippen LogP contribution in [0.2, 0.25) is 5.02 Å². The molecule has 0 aliphatic rings. The molecule has 0 atom stereocenters. The van der Waals surface area contributed by atoms with Gasteiger partial charge in [-0.1, -0.05) is 29.8 Å². The molecule has 0 spiro atoms. The summed E-state index contributed by atoms with van der Waals surface area (Å²) in [4.78, 5) is 21.7. The van der Waals surface area contributed by atoms with Crippen molar-refractivity contribution in [1.29, 1.82) is 0 Å². The number of rotatable bonds is 9. The van der Waals surface area contributed by atoms with Crippen molar-refractivity contribution in [3.8, 4) is 28.5 Å². The molecule has 170 valence electrons. The van der Waals surface area contributed by atoms with Crippen LogP contribution >= 0.6 is 22.9 Å². The third-order valence-corrected chi connectivity index (χ3v) is 6.15. The number of methoxy groups -OCH3 is 2. The van der Waals surface area contributed by atoms with Crippen LogP contribution in [0.25, 0.3) is 21.3 Å². The minimum Gasteiger partial charge on any atom is -0.493 e. The molecular weight excluding hydrogens is 462 g/mol. The van der Waals surface area contributed by atoms with E-state index in [1.165, 1.54) is 17.7 Å². The molecule has 0 aliphatic carbocycles. The number of thiophene rings is 1. The quantitative estimate of drug-likeness (QED) is 0.369. The summed E-state index contributed by atoms with van der Waals surface area (Å²) in [7, 11) is 3.19. The Labute approximate surface area is 200 Å². The monoisotopic (exact) mass is 483 g/mol. The second-order valence-electron chi connectivity index (χ2n) is 7.09. The first kappa shape index (κ1) is 22.8. The van der Waals surface area contributed by atoms with Gasteiger partial charge in [0, 0.05) is 22.5 Å². The summed E-state index contributed by atoms with van der Waals surface area (Å²) in [6.07, 6.45) is 2.09. The SMILES string of the molecule is COc1ccc(CCNC(=O)COc2ncnc3scc(-c4ccc(Cl)cc4)c23)cc1OC. The Morgan fingerprint density at radius 3 is 2.61 bits per heavy atom. The number of carbonyl (C=O) groups excluding carboxylic acids is 1. The number of aromatic nitrogens is 2. The number of nitrogens with one attached hydrogen (secondary N) is 1. The third kappa shape index (κ3) is 5.35. The summed E-state index contributed by atoms with van der Waals surface area (Å²) in [6, 6.07) is 13.2. The van der Waals surface area contributed by atoms with Crippen LogP contribution in [0, 0.1) is 0 Å². The highest BCUT2D eigenvalue weighted by Gasteiger charge is 2.15. The van der Waals surface area contributed by atoms with E-state index in [0.717, 1.165) is 26.9 Å². The zero-order valence-electron chi connectivity index (χ0n) is 18.1. The van der Waals surface area contributed by atoms with Gasteiger partial charge < -0.3 is 19.5 Å². The Morgan fingerprint density at radius 2 is 1.85 bits per heavy atom. The molecule has 2 aromatic heterocycles. The predicted octanol–water partition coefficient (Wildman–Crippen LogP) is 4.77. The zero-order chi connectivity index (χ0) is 23.2. The van der Waals surface area contributed by atoms with E-state index in [1.54, 1.807) is 14.2 Å². The van der Waals surface area contributed by atoms with E-state index in [9.17, 15) is 4.79 Å². The summed E-state index contributed by atoms with van der Waals surface area (Å²) in [6.45, 7) is 0.319. The van der Waals surface area contributed by atoms with E-state index in [0.29, 0.717) is 35.4 Å². The highest BCUT2D eigenvalue weighted by atomic mass is 35.5. The van der Waals surface area contributed by atoms with Crippen molar-refractivity contribution < 1.29 is 19.0 Å². The summed E-state index contributed by atoms with van der Waals surface area (Å²) in [5, 5.41) is 6.31. The second-order valence-corrected chi connectivity index (χ2v) is 8.39. The Kier molecular flexibility index (Phi) is 7.26. The number of ether oxygens (including phenoxy) is 3. The standard InChI is InChI=1S/C24H22ClN3O4S/c1-30-19-8-3-15(11-20(19)31-2)9-10-26-21(29)12-32-23-22-18(13-33-24(22)28-14-27-23)16-4-6-17(25)7-5-16/h3-8,11,13-14H,9-10,12H2,1-2H3,(H,26,29). The number of benzene rings is 2.